The fourth-order valence-corrected chi connectivity index (χ4v) is 2.43. The summed E-state index contributed by atoms with van der Waals surface area (Å²) >= 11 is 0. The first-order valence-corrected chi connectivity index (χ1v) is 8.40. The fraction of sp³-hybridized carbons (Fsp3) is 0.350. The van der Waals surface area contributed by atoms with Crippen LogP contribution in [0.15, 0.2) is 48.5 Å². The van der Waals surface area contributed by atoms with E-state index in [1.807, 2.05) is 26.0 Å². The van der Waals surface area contributed by atoms with Gasteiger partial charge in [-0.15, -0.1) is 0 Å². The van der Waals surface area contributed by atoms with Crippen molar-refractivity contribution in [3.63, 3.8) is 0 Å². The monoisotopic (exact) mass is 345 g/mol. The first-order valence-electron chi connectivity index (χ1n) is 8.40. The van der Waals surface area contributed by atoms with E-state index < -0.39 is 6.10 Å². The summed E-state index contributed by atoms with van der Waals surface area (Å²) in [7, 11) is 0. The number of ether oxygens (including phenoxy) is 1. The van der Waals surface area contributed by atoms with E-state index in [0.717, 1.165) is 5.56 Å². The van der Waals surface area contributed by atoms with E-state index in [1.165, 1.54) is 12.1 Å². The molecule has 0 radical (unpaired) electrons. The quantitative estimate of drug-likeness (QED) is 0.771. The van der Waals surface area contributed by atoms with Gasteiger partial charge in [-0.1, -0.05) is 24.3 Å². The van der Waals surface area contributed by atoms with E-state index in [4.69, 9.17) is 4.74 Å². The van der Waals surface area contributed by atoms with Gasteiger partial charge < -0.3 is 15.2 Å². The molecule has 0 saturated carbocycles. The number of rotatable bonds is 8. The third-order valence-electron chi connectivity index (χ3n) is 3.64. The number of nitrogens with one attached hydrogen (secondary N) is 1. The minimum Gasteiger partial charge on any atom is -0.491 e. The molecule has 0 aliphatic rings. The molecule has 2 N–H and O–H groups in total. The lowest BCUT2D eigenvalue weighted by atomic mass is 10.1. The number of carbonyl (C=O) groups is 1. The average molecular weight is 345 g/mol. The molecule has 0 aliphatic heterocycles. The number of hydrogen-bond donors (Lipinski definition) is 2. The van der Waals surface area contributed by atoms with E-state index in [0.29, 0.717) is 17.7 Å². The van der Waals surface area contributed by atoms with E-state index in [9.17, 15) is 14.3 Å². The molecule has 1 amide bonds. The van der Waals surface area contributed by atoms with Gasteiger partial charge in [0.05, 0.1) is 12.2 Å². The molecule has 0 spiro atoms. The minimum absolute atomic E-state index is 0.0509. The van der Waals surface area contributed by atoms with Crippen LogP contribution in [0.3, 0.4) is 0 Å². The maximum absolute atomic E-state index is 13.1. The molecule has 0 aromatic heterocycles. The Balaban J connectivity index is 1.80. The second kappa shape index (κ2) is 9.18. The average Bonchev–Trinajstić information content (AvgIpc) is 2.57. The van der Waals surface area contributed by atoms with Crippen molar-refractivity contribution in [2.75, 3.05) is 6.54 Å². The van der Waals surface area contributed by atoms with Crippen molar-refractivity contribution in [3.05, 3.63) is 65.5 Å². The summed E-state index contributed by atoms with van der Waals surface area (Å²) in [5.74, 6) is 0.193. The van der Waals surface area contributed by atoms with Crippen LogP contribution in [0.5, 0.6) is 5.75 Å². The van der Waals surface area contributed by atoms with Crippen molar-refractivity contribution >= 4 is 5.91 Å². The molecule has 0 aliphatic carbocycles. The highest BCUT2D eigenvalue weighted by molar-refractivity contribution is 5.76. The van der Waals surface area contributed by atoms with Crippen molar-refractivity contribution in [3.8, 4) is 5.75 Å². The van der Waals surface area contributed by atoms with Gasteiger partial charge in [-0.2, -0.15) is 0 Å². The standard InChI is InChI=1S/C20H24FNO3/c1-14(2)25-18-8-4-6-16(12-18)19(23)13-22-20(24)10-9-15-5-3-7-17(21)11-15/h3-8,11-12,14,19,23H,9-10,13H2,1-2H3,(H,22,24). The number of amides is 1. The Hall–Kier alpha value is -2.40. The summed E-state index contributed by atoms with van der Waals surface area (Å²) in [6, 6.07) is 13.4. The lowest BCUT2D eigenvalue weighted by molar-refractivity contribution is -0.121. The van der Waals surface area contributed by atoms with Gasteiger partial charge in [-0.25, -0.2) is 4.39 Å². The number of hydrogen-bond acceptors (Lipinski definition) is 3. The zero-order valence-corrected chi connectivity index (χ0v) is 14.5. The predicted octanol–water partition coefficient (Wildman–Crippen LogP) is 3.40. The van der Waals surface area contributed by atoms with Crippen LogP contribution in [0.25, 0.3) is 0 Å². The van der Waals surface area contributed by atoms with Gasteiger partial charge in [0, 0.05) is 13.0 Å². The molecule has 5 heteroatoms. The molecule has 1 unspecified atom stereocenters. The maximum atomic E-state index is 13.1. The number of aliphatic hydroxyl groups excluding tert-OH is 1. The Morgan fingerprint density at radius 1 is 1.20 bits per heavy atom. The van der Waals surface area contributed by atoms with Crippen LogP contribution in [-0.4, -0.2) is 23.7 Å². The Kier molecular flexibility index (Phi) is 6.95. The number of halogens is 1. The Morgan fingerprint density at radius 3 is 2.68 bits per heavy atom. The molecule has 2 rings (SSSR count). The molecule has 0 bridgehead atoms. The highest BCUT2D eigenvalue weighted by Gasteiger charge is 2.11. The molecule has 134 valence electrons. The van der Waals surface area contributed by atoms with Gasteiger partial charge in [-0.05, 0) is 55.7 Å². The summed E-state index contributed by atoms with van der Waals surface area (Å²) < 4.78 is 18.7. The van der Waals surface area contributed by atoms with Crippen LogP contribution in [0.1, 0.15) is 37.5 Å². The van der Waals surface area contributed by atoms with Crippen molar-refractivity contribution in [2.45, 2.75) is 38.9 Å². The number of aliphatic hydroxyl groups is 1. The van der Waals surface area contributed by atoms with Crippen LogP contribution < -0.4 is 10.1 Å². The minimum atomic E-state index is -0.811. The summed E-state index contributed by atoms with van der Waals surface area (Å²) in [4.78, 5) is 11.9. The third-order valence-corrected chi connectivity index (χ3v) is 3.64. The summed E-state index contributed by atoms with van der Waals surface area (Å²) in [6.45, 7) is 3.98. The lowest BCUT2D eigenvalue weighted by Crippen LogP contribution is -2.28. The van der Waals surface area contributed by atoms with Crippen molar-refractivity contribution in [1.29, 1.82) is 0 Å². The second-order valence-electron chi connectivity index (χ2n) is 6.19. The van der Waals surface area contributed by atoms with Crippen molar-refractivity contribution in [1.82, 2.24) is 5.32 Å². The molecular weight excluding hydrogens is 321 g/mol. The molecule has 25 heavy (non-hydrogen) atoms. The van der Waals surface area contributed by atoms with Crippen LogP contribution in [0.2, 0.25) is 0 Å². The molecule has 2 aromatic rings. The number of carbonyl (C=O) groups excluding carboxylic acids is 1. The lowest BCUT2D eigenvalue weighted by Gasteiger charge is -2.15. The maximum Gasteiger partial charge on any atom is 0.220 e. The van der Waals surface area contributed by atoms with Gasteiger partial charge in [-0.3, -0.25) is 4.79 Å². The van der Waals surface area contributed by atoms with Gasteiger partial charge in [0.15, 0.2) is 0 Å². The molecule has 1 atom stereocenters. The van der Waals surface area contributed by atoms with Crippen LogP contribution in [-0.2, 0) is 11.2 Å². The first-order chi connectivity index (χ1) is 11.9. The van der Waals surface area contributed by atoms with Gasteiger partial charge in [0.1, 0.15) is 11.6 Å². The van der Waals surface area contributed by atoms with E-state index >= 15 is 0 Å². The first kappa shape index (κ1) is 18.9. The topological polar surface area (TPSA) is 58.6 Å². The summed E-state index contributed by atoms with van der Waals surface area (Å²) in [5.41, 5.74) is 1.46. The van der Waals surface area contributed by atoms with Gasteiger partial charge in [0.2, 0.25) is 5.91 Å². The second-order valence-corrected chi connectivity index (χ2v) is 6.19. The highest BCUT2D eigenvalue weighted by atomic mass is 19.1. The number of benzene rings is 2. The molecular formula is C20H24FNO3. The molecule has 0 fully saturated rings. The van der Waals surface area contributed by atoms with Gasteiger partial charge >= 0.3 is 0 Å². The molecule has 4 nitrogen and oxygen atoms in total. The van der Waals surface area contributed by atoms with Crippen molar-refractivity contribution < 1.29 is 19.0 Å². The molecule has 0 saturated heterocycles. The van der Waals surface area contributed by atoms with Crippen LogP contribution in [0, 0.1) is 5.82 Å². The largest absolute Gasteiger partial charge is 0.491 e. The Morgan fingerprint density at radius 2 is 1.96 bits per heavy atom. The molecule has 0 heterocycles. The summed E-state index contributed by atoms with van der Waals surface area (Å²) in [5, 5.41) is 12.9. The normalized spacial score (nSPS) is 12.0. The van der Waals surface area contributed by atoms with E-state index in [2.05, 4.69) is 5.32 Å². The zero-order valence-electron chi connectivity index (χ0n) is 14.5. The summed E-state index contributed by atoms with van der Waals surface area (Å²) in [6.07, 6.45) is -0.0619. The Labute approximate surface area is 147 Å². The Bertz CT molecular complexity index is 703. The SMILES string of the molecule is CC(C)Oc1cccc(C(O)CNC(=O)CCc2cccc(F)c2)c1. The fourth-order valence-electron chi connectivity index (χ4n) is 2.43. The predicted molar refractivity (Wildman–Crippen MR) is 94.9 cm³/mol. The van der Waals surface area contributed by atoms with Gasteiger partial charge in [0.25, 0.3) is 0 Å². The van der Waals surface area contributed by atoms with Crippen molar-refractivity contribution in [2.24, 2.45) is 0 Å². The zero-order chi connectivity index (χ0) is 18.2. The van der Waals surface area contributed by atoms with Crippen LogP contribution in [0.4, 0.5) is 4.39 Å². The van der Waals surface area contributed by atoms with E-state index in [1.54, 1.807) is 24.3 Å². The third kappa shape index (κ3) is 6.55. The number of aryl methyl sites for hydroxylation is 1. The smallest absolute Gasteiger partial charge is 0.220 e. The molecule has 2 aromatic carbocycles. The van der Waals surface area contributed by atoms with Crippen LogP contribution >= 0.6 is 0 Å². The highest BCUT2D eigenvalue weighted by Crippen LogP contribution is 2.20. The van der Waals surface area contributed by atoms with E-state index in [-0.39, 0.29) is 30.8 Å².